The molecule has 0 aliphatic rings. The monoisotopic (exact) mass is 316 g/mol. The highest BCUT2D eigenvalue weighted by Gasteiger charge is 2.32. The molecule has 9 heteroatoms. The van der Waals surface area contributed by atoms with Crippen molar-refractivity contribution < 1.29 is 21.6 Å². The molecule has 1 aromatic heterocycles. The van der Waals surface area contributed by atoms with Crippen LogP contribution in [0.3, 0.4) is 0 Å². The molecule has 0 aromatic carbocycles. The molecular weight excluding hydrogens is 305 g/mol. The molecule has 0 radical (unpaired) electrons. The van der Waals surface area contributed by atoms with Gasteiger partial charge in [0, 0.05) is 5.88 Å². The van der Waals surface area contributed by atoms with Crippen LogP contribution in [0.4, 0.5) is 18.9 Å². The summed E-state index contributed by atoms with van der Waals surface area (Å²) in [4.78, 5) is 3.16. The third-order valence-electron chi connectivity index (χ3n) is 2.09. The molecule has 1 heterocycles. The van der Waals surface area contributed by atoms with Crippen LogP contribution in [0.25, 0.3) is 0 Å². The number of hydrogen-bond acceptors (Lipinski definition) is 3. The minimum Gasteiger partial charge on any atom is -0.282 e. The Hall–Kier alpha value is -1.02. The van der Waals surface area contributed by atoms with Crippen molar-refractivity contribution in [2.24, 2.45) is 5.92 Å². The second-order valence-corrected chi connectivity index (χ2v) is 6.15. The fourth-order valence-electron chi connectivity index (χ4n) is 1.26. The van der Waals surface area contributed by atoms with Gasteiger partial charge in [0.1, 0.15) is 5.69 Å². The first-order chi connectivity index (χ1) is 8.64. The number of nitrogens with one attached hydrogen (secondary N) is 1. The first-order valence-corrected chi connectivity index (χ1v) is 7.42. The summed E-state index contributed by atoms with van der Waals surface area (Å²) in [5, 5.41) is 0. The van der Waals surface area contributed by atoms with E-state index < -0.39 is 21.9 Å². The normalized spacial score (nSPS) is 14.2. The van der Waals surface area contributed by atoms with Gasteiger partial charge in [-0.1, -0.05) is 6.92 Å². The fraction of sp³-hybridized carbons (Fsp3) is 0.500. The van der Waals surface area contributed by atoms with Crippen molar-refractivity contribution in [3.05, 3.63) is 24.0 Å². The highest BCUT2D eigenvalue weighted by molar-refractivity contribution is 7.92. The van der Waals surface area contributed by atoms with E-state index in [2.05, 4.69) is 9.71 Å². The average Bonchev–Trinajstić information content (AvgIpc) is 2.27. The number of rotatable bonds is 5. The van der Waals surface area contributed by atoms with Crippen molar-refractivity contribution in [1.29, 1.82) is 0 Å². The van der Waals surface area contributed by atoms with Gasteiger partial charge < -0.3 is 0 Å². The number of halogens is 4. The Kier molecular flexibility index (Phi) is 5.03. The van der Waals surface area contributed by atoms with E-state index in [1.54, 1.807) is 6.92 Å². The first kappa shape index (κ1) is 16.0. The van der Waals surface area contributed by atoms with Crippen LogP contribution in [0.15, 0.2) is 18.3 Å². The van der Waals surface area contributed by atoms with Crippen LogP contribution >= 0.6 is 11.6 Å². The summed E-state index contributed by atoms with van der Waals surface area (Å²) in [6, 6.07) is 1.72. The largest absolute Gasteiger partial charge is 0.433 e. The summed E-state index contributed by atoms with van der Waals surface area (Å²) in [6.07, 6.45) is -3.73. The molecule has 0 saturated heterocycles. The molecule has 0 amide bonds. The summed E-state index contributed by atoms with van der Waals surface area (Å²) in [5.41, 5.74) is -1.10. The third kappa shape index (κ3) is 5.23. The molecule has 1 N–H and O–H groups in total. The van der Waals surface area contributed by atoms with Crippen LogP contribution in [0.1, 0.15) is 12.6 Å². The summed E-state index contributed by atoms with van der Waals surface area (Å²) in [6.45, 7) is 1.65. The van der Waals surface area contributed by atoms with Crippen molar-refractivity contribution in [2.45, 2.75) is 13.1 Å². The Bertz CT molecular complexity index is 517. The lowest BCUT2D eigenvalue weighted by atomic mass is 10.3. The quantitative estimate of drug-likeness (QED) is 0.850. The highest BCUT2D eigenvalue weighted by atomic mass is 35.5. The van der Waals surface area contributed by atoms with Gasteiger partial charge in [-0.25, -0.2) is 13.4 Å². The smallest absolute Gasteiger partial charge is 0.282 e. The Balaban J connectivity index is 2.78. The summed E-state index contributed by atoms with van der Waals surface area (Å²) in [7, 11) is -3.65. The average molecular weight is 317 g/mol. The Morgan fingerprint density at radius 2 is 2.05 bits per heavy atom. The van der Waals surface area contributed by atoms with Crippen LogP contribution in [0.5, 0.6) is 0 Å². The van der Waals surface area contributed by atoms with Gasteiger partial charge in [-0.05, 0) is 18.1 Å². The van der Waals surface area contributed by atoms with Gasteiger partial charge in [-0.2, -0.15) is 13.2 Å². The van der Waals surface area contributed by atoms with Gasteiger partial charge in [0.2, 0.25) is 10.0 Å². The van der Waals surface area contributed by atoms with E-state index in [4.69, 9.17) is 11.6 Å². The number of alkyl halides is 4. The molecule has 0 spiro atoms. The lowest BCUT2D eigenvalue weighted by molar-refractivity contribution is -0.141. The number of pyridine rings is 1. The predicted molar refractivity (Wildman–Crippen MR) is 66.5 cm³/mol. The maximum absolute atomic E-state index is 12.3. The first-order valence-electron chi connectivity index (χ1n) is 5.24. The molecule has 0 aliphatic heterocycles. The topological polar surface area (TPSA) is 59.1 Å². The Labute approximate surface area is 114 Å². The molecule has 1 aromatic rings. The molecule has 108 valence electrons. The molecule has 1 rings (SSSR count). The van der Waals surface area contributed by atoms with E-state index in [9.17, 15) is 21.6 Å². The molecular formula is C10H12ClF3N2O2S. The Morgan fingerprint density at radius 1 is 1.42 bits per heavy atom. The zero-order valence-electron chi connectivity index (χ0n) is 9.91. The standard InChI is InChI=1S/C10H12ClF3N2O2S/c1-7(4-11)6-19(17,18)16-8-2-3-9(15-5-8)10(12,13)14/h2-3,5,7,16H,4,6H2,1H3. The van der Waals surface area contributed by atoms with Crippen LogP contribution in [-0.2, 0) is 16.2 Å². The molecule has 0 bridgehead atoms. The van der Waals surface area contributed by atoms with Crippen molar-refractivity contribution in [3.8, 4) is 0 Å². The lowest BCUT2D eigenvalue weighted by Gasteiger charge is -2.11. The molecule has 19 heavy (non-hydrogen) atoms. The lowest BCUT2D eigenvalue weighted by Crippen LogP contribution is -2.22. The molecule has 0 fully saturated rings. The maximum Gasteiger partial charge on any atom is 0.433 e. The van der Waals surface area contributed by atoms with Crippen molar-refractivity contribution >= 4 is 27.3 Å². The van der Waals surface area contributed by atoms with Crippen LogP contribution in [0.2, 0.25) is 0 Å². The van der Waals surface area contributed by atoms with Gasteiger partial charge in [0.05, 0.1) is 17.6 Å². The minimum absolute atomic E-state index is 0.0187. The van der Waals surface area contributed by atoms with Gasteiger partial charge in [-0.3, -0.25) is 4.72 Å². The number of sulfonamides is 1. The van der Waals surface area contributed by atoms with Crippen LogP contribution in [-0.4, -0.2) is 25.0 Å². The van der Waals surface area contributed by atoms with Gasteiger partial charge in [0.15, 0.2) is 0 Å². The van der Waals surface area contributed by atoms with Gasteiger partial charge in [0.25, 0.3) is 0 Å². The summed E-state index contributed by atoms with van der Waals surface area (Å²) < 4.78 is 62.2. The number of nitrogens with zero attached hydrogens (tertiary/aromatic N) is 1. The molecule has 0 saturated carbocycles. The second kappa shape index (κ2) is 5.96. The van der Waals surface area contributed by atoms with Crippen molar-refractivity contribution in [2.75, 3.05) is 16.4 Å². The zero-order valence-corrected chi connectivity index (χ0v) is 11.5. The second-order valence-electron chi connectivity index (χ2n) is 4.07. The van der Waals surface area contributed by atoms with Crippen LogP contribution < -0.4 is 4.72 Å². The molecule has 4 nitrogen and oxygen atoms in total. The maximum atomic E-state index is 12.3. The SMILES string of the molecule is CC(CCl)CS(=O)(=O)Nc1ccc(C(F)(F)F)nc1. The minimum atomic E-state index is -4.55. The van der Waals surface area contributed by atoms with E-state index in [1.807, 2.05) is 0 Å². The van der Waals surface area contributed by atoms with Crippen molar-refractivity contribution in [3.63, 3.8) is 0 Å². The molecule has 1 unspecified atom stereocenters. The van der Waals surface area contributed by atoms with E-state index in [0.29, 0.717) is 6.07 Å². The highest BCUT2D eigenvalue weighted by Crippen LogP contribution is 2.27. The molecule has 0 aliphatic carbocycles. The summed E-state index contributed by atoms with van der Waals surface area (Å²) >= 11 is 5.50. The Morgan fingerprint density at radius 3 is 2.47 bits per heavy atom. The van der Waals surface area contributed by atoms with E-state index in [1.165, 1.54) is 0 Å². The predicted octanol–water partition coefficient (Wildman–Crippen LogP) is 2.72. The fourth-order valence-corrected chi connectivity index (χ4v) is 2.93. The number of anilines is 1. The van der Waals surface area contributed by atoms with Crippen LogP contribution in [0, 0.1) is 5.92 Å². The zero-order chi connectivity index (χ0) is 14.7. The van der Waals surface area contributed by atoms with E-state index >= 15 is 0 Å². The molecule has 1 atom stereocenters. The van der Waals surface area contributed by atoms with Gasteiger partial charge >= 0.3 is 6.18 Å². The third-order valence-corrected chi connectivity index (χ3v) is 4.18. The van der Waals surface area contributed by atoms with E-state index in [0.717, 1.165) is 12.3 Å². The van der Waals surface area contributed by atoms with Gasteiger partial charge in [-0.15, -0.1) is 11.6 Å². The number of hydrogen-bond donors (Lipinski definition) is 1. The van der Waals surface area contributed by atoms with Crippen molar-refractivity contribution in [1.82, 2.24) is 4.98 Å². The summed E-state index contributed by atoms with van der Waals surface area (Å²) in [5.74, 6) is -0.300. The number of aromatic nitrogens is 1. The van der Waals surface area contributed by atoms with E-state index in [-0.39, 0.29) is 23.2 Å².